The Hall–Kier alpha value is -2.12. The van der Waals surface area contributed by atoms with Crippen molar-refractivity contribution in [2.24, 2.45) is 0 Å². The van der Waals surface area contributed by atoms with Crippen LogP contribution in [-0.4, -0.2) is 17.4 Å². The quantitative estimate of drug-likeness (QED) is 0.499. The van der Waals surface area contributed by atoms with Crippen LogP contribution in [0.15, 0.2) is 40.9 Å². The van der Waals surface area contributed by atoms with Crippen molar-refractivity contribution in [1.82, 2.24) is 0 Å². The van der Waals surface area contributed by atoms with Gasteiger partial charge in [0.25, 0.3) is 11.6 Å². The molecule has 0 aliphatic rings. The molecule has 0 saturated heterocycles. The summed E-state index contributed by atoms with van der Waals surface area (Å²) in [6.45, 7) is 1.88. The second-order valence-corrected chi connectivity index (χ2v) is 6.54. The second-order valence-electron chi connectivity index (χ2n) is 5.27. The van der Waals surface area contributed by atoms with E-state index in [4.69, 9.17) is 16.3 Å². The molecule has 0 aromatic heterocycles. The van der Waals surface area contributed by atoms with E-state index in [1.54, 1.807) is 6.07 Å². The number of hydrogen-bond acceptors (Lipinski definition) is 4. The largest absolute Gasteiger partial charge is 0.483 e. The lowest BCUT2D eigenvalue weighted by atomic mass is 10.1. The van der Waals surface area contributed by atoms with E-state index in [1.807, 2.05) is 12.1 Å². The zero-order valence-corrected chi connectivity index (χ0v) is 15.8. The van der Waals surface area contributed by atoms with Gasteiger partial charge in [0.15, 0.2) is 6.61 Å². The molecule has 6 nitrogen and oxygen atoms in total. The maximum absolute atomic E-state index is 12.0. The van der Waals surface area contributed by atoms with Crippen molar-refractivity contribution >= 4 is 44.8 Å². The van der Waals surface area contributed by atoms with E-state index in [0.29, 0.717) is 5.75 Å². The zero-order valence-electron chi connectivity index (χ0n) is 13.4. The van der Waals surface area contributed by atoms with Gasteiger partial charge in [-0.1, -0.05) is 31.0 Å². The smallest absolute Gasteiger partial charge is 0.289 e. The molecule has 0 heterocycles. The van der Waals surface area contributed by atoms with Crippen LogP contribution in [0.1, 0.15) is 18.9 Å². The molecule has 0 unspecified atom stereocenters. The molecule has 0 bridgehead atoms. The Morgan fingerprint density at radius 2 is 2.08 bits per heavy atom. The third-order valence-electron chi connectivity index (χ3n) is 3.32. The minimum absolute atomic E-state index is 0.00958. The van der Waals surface area contributed by atoms with Crippen molar-refractivity contribution in [1.29, 1.82) is 0 Å². The summed E-state index contributed by atoms with van der Waals surface area (Å²) in [6.07, 6.45) is 2.01. The van der Waals surface area contributed by atoms with Gasteiger partial charge in [0.2, 0.25) is 0 Å². The Morgan fingerprint density at radius 3 is 2.72 bits per heavy atom. The number of benzene rings is 2. The number of nitrogens with zero attached hydrogens (tertiary/aromatic N) is 1. The fourth-order valence-corrected chi connectivity index (χ4v) is 2.90. The highest BCUT2D eigenvalue weighted by molar-refractivity contribution is 9.10. The van der Waals surface area contributed by atoms with Crippen molar-refractivity contribution in [3.05, 3.63) is 61.6 Å². The summed E-state index contributed by atoms with van der Waals surface area (Å²) < 4.78 is 6.26. The molecule has 1 amide bonds. The third-order valence-corrected chi connectivity index (χ3v) is 4.26. The SMILES string of the molecule is CCCc1ccc(OCC(=O)Nc2ccc(Cl)c([N+](=O)[O-])c2)c(Br)c1. The van der Waals surface area contributed by atoms with Gasteiger partial charge in [-0.05, 0) is 52.2 Å². The molecule has 2 aromatic carbocycles. The van der Waals surface area contributed by atoms with Crippen LogP contribution in [0, 0.1) is 10.1 Å². The fourth-order valence-electron chi connectivity index (χ4n) is 2.18. The van der Waals surface area contributed by atoms with Crippen LogP contribution in [0.5, 0.6) is 5.75 Å². The number of aryl methyl sites for hydroxylation is 1. The average molecular weight is 428 g/mol. The maximum atomic E-state index is 12.0. The molecular weight excluding hydrogens is 412 g/mol. The standard InChI is InChI=1S/C17H16BrClN2O4/c1-2-3-11-4-7-16(13(18)8-11)25-10-17(22)20-12-5-6-14(19)15(9-12)21(23)24/h4-9H,2-3,10H2,1H3,(H,20,22). The van der Waals surface area contributed by atoms with E-state index in [0.717, 1.165) is 17.3 Å². The minimum Gasteiger partial charge on any atom is -0.483 e. The van der Waals surface area contributed by atoms with Crippen LogP contribution in [-0.2, 0) is 11.2 Å². The highest BCUT2D eigenvalue weighted by Crippen LogP contribution is 2.28. The second kappa shape index (κ2) is 8.82. The Morgan fingerprint density at radius 1 is 1.32 bits per heavy atom. The number of nitro groups is 1. The van der Waals surface area contributed by atoms with Crippen LogP contribution in [0.4, 0.5) is 11.4 Å². The monoisotopic (exact) mass is 426 g/mol. The van der Waals surface area contributed by atoms with Crippen LogP contribution in [0.3, 0.4) is 0 Å². The number of nitrogens with one attached hydrogen (secondary N) is 1. The molecule has 1 N–H and O–H groups in total. The van der Waals surface area contributed by atoms with Gasteiger partial charge in [0, 0.05) is 11.8 Å². The number of hydrogen-bond donors (Lipinski definition) is 1. The predicted octanol–water partition coefficient (Wildman–Crippen LogP) is 4.98. The summed E-state index contributed by atoms with van der Waals surface area (Å²) in [5.41, 5.74) is 1.19. The van der Waals surface area contributed by atoms with Crippen molar-refractivity contribution in [2.45, 2.75) is 19.8 Å². The summed E-state index contributed by atoms with van der Waals surface area (Å²) in [5.74, 6) is 0.123. The van der Waals surface area contributed by atoms with Gasteiger partial charge in [0.1, 0.15) is 10.8 Å². The van der Waals surface area contributed by atoms with Gasteiger partial charge < -0.3 is 10.1 Å². The number of halogens is 2. The molecular formula is C17H16BrClN2O4. The lowest BCUT2D eigenvalue weighted by Crippen LogP contribution is -2.20. The number of rotatable bonds is 7. The fraction of sp³-hybridized carbons (Fsp3) is 0.235. The van der Waals surface area contributed by atoms with E-state index >= 15 is 0 Å². The molecule has 2 aromatic rings. The normalized spacial score (nSPS) is 10.4. The van der Waals surface area contributed by atoms with E-state index in [9.17, 15) is 14.9 Å². The molecule has 0 atom stereocenters. The van der Waals surface area contributed by atoms with Gasteiger partial charge in [-0.3, -0.25) is 14.9 Å². The van der Waals surface area contributed by atoms with Crippen LogP contribution < -0.4 is 10.1 Å². The minimum atomic E-state index is -0.608. The molecule has 0 fully saturated rings. The summed E-state index contributed by atoms with van der Waals surface area (Å²) in [4.78, 5) is 22.2. The molecule has 0 saturated carbocycles. The van der Waals surface area contributed by atoms with Crippen LogP contribution in [0.2, 0.25) is 5.02 Å². The number of carbonyl (C=O) groups is 1. The van der Waals surface area contributed by atoms with Crippen molar-refractivity contribution in [2.75, 3.05) is 11.9 Å². The number of ether oxygens (including phenoxy) is 1. The number of anilines is 1. The molecule has 132 valence electrons. The highest BCUT2D eigenvalue weighted by atomic mass is 79.9. The first-order chi connectivity index (χ1) is 11.9. The van der Waals surface area contributed by atoms with Crippen molar-refractivity contribution in [3.8, 4) is 5.75 Å². The van der Waals surface area contributed by atoms with Crippen molar-refractivity contribution in [3.63, 3.8) is 0 Å². The number of amides is 1. The maximum Gasteiger partial charge on any atom is 0.289 e. The summed E-state index contributed by atoms with van der Waals surface area (Å²) in [5, 5.41) is 13.4. The van der Waals surface area contributed by atoms with E-state index in [1.165, 1.54) is 23.8 Å². The number of nitro benzene ring substituents is 1. The molecule has 0 aliphatic heterocycles. The summed E-state index contributed by atoms with van der Waals surface area (Å²) >= 11 is 9.16. The van der Waals surface area contributed by atoms with Gasteiger partial charge in [0.05, 0.1) is 9.40 Å². The van der Waals surface area contributed by atoms with E-state index < -0.39 is 10.8 Å². The number of carbonyl (C=O) groups excluding carboxylic acids is 1. The zero-order chi connectivity index (χ0) is 18.4. The summed E-state index contributed by atoms with van der Waals surface area (Å²) in [7, 11) is 0. The molecule has 8 heteroatoms. The topological polar surface area (TPSA) is 81.5 Å². The predicted molar refractivity (Wildman–Crippen MR) is 100 cm³/mol. The van der Waals surface area contributed by atoms with Crippen LogP contribution >= 0.6 is 27.5 Å². The lowest BCUT2D eigenvalue weighted by molar-refractivity contribution is -0.384. The summed E-state index contributed by atoms with van der Waals surface area (Å²) in [6, 6.07) is 9.76. The Bertz CT molecular complexity index is 798. The Kier molecular flexibility index (Phi) is 6.78. The van der Waals surface area contributed by atoms with Crippen LogP contribution in [0.25, 0.3) is 0 Å². The first-order valence-corrected chi connectivity index (χ1v) is 8.72. The van der Waals surface area contributed by atoms with Gasteiger partial charge >= 0.3 is 0 Å². The Balaban J connectivity index is 1.97. The van der Waals surface area contributed by atoms with Gasteiger partial charge in [-0.15, -0.1) is 0 Å². The average Bonchev–Trinajstić information content (AvgIpc) is 2.56. The molecule has 0 aliphatic carbocycles. The lowest BCUT2D eigenvalue weighted by Gasteiger charge is -2.10. The molecule has 0 radical (unpaired) electrons. The molecule has 0 spiro atoms. The first kappa shape index (κ1) is 19.2. The van der Waals surface area contributed by atoms with E-state index in [-0.39, 0.29) is 23.0 Å². The molecule has 25 heavy (non-hydrogen) atoms. The highest BCUT2D eigenvalue weighted by Gasteiger charge is 2.14. The van der Waals surface area contributed by atoms with Gasteiger partial charge in [-0.25, -0.2) is 0 Å². The molecule has 2 rings (SSSR count). The first-order valence-electron chi connectivity index (χ1n) is 7.55. The van der Waals surface area contributed by atoms with Crippen molar-refractivity contribution < 1.29 is 14.5 Å². The van der Waals surface area contributed by atoms with E-state index in [2.05, 4.69) is 28.2 Å². The third kappa shape index (κ3) is 5.44. The van der Waals surface area contributed by atoms with Gasteiger partial charge in [-0.2, -0.15) is 0 Å². The Labute approximate surface area is 158 Å².